The lowest BCUT2D eigenvalue weighted by molar-refractivity contribution is -0.135. The molecule has 2 aliphatic rings. The van der Waals surface area contributed by atoms with Gasteiger partial charge in [0.25, 0.3) is 5.91 Å². The molecule has 0 atom stereocenters. The van der Waals surface area contributed by atoms with Gasteiger partial charge in [0.05, 0.1) is 0 Å². The monoisotopic (exact) mass is 344 g/mol. The van der Waals surface area contributed by atoms with Gasteiger partial charge in [-0.3, -0.25) is 9.59 Å². The number of nitrogens with zero attached hydrogens (tertiary/aromatic N) is 2. The van der Waals surface area contributed by atoms with Crippen LogP contribution >= 0.6 is 0 Å². The molecule has 1 saturated heterocycles. The highest BCUT2D eigenvalue weighted by atomic mass is 16.5. The third-order valence-corrected chi connectivity index (χ3v) is 5.30. The first-order chi connectivity index (χ1) is 12.0. The zero-order chi connectivity index (χ0) is 18.0. The molecule has 0 aromatic heterocycles. The molecule has 136 valence electrons. The average molecular weight is 344 g/mol. The summed E-state index contributed by atoms with van der Waals surface area (Å²) in [4.78, 5) is 28.5. The fourth-order valence-electron chi connectivity index (χ4n) is 3.35. The van der Waals surface area contributed by atoms with Crippen LogP contribution in [0.15, 0.2) is 12.1 Å². The largest absolute Gasteiger partial charge is 0.483 e. The molecule has 3 rings (SSSR count). The highest BCUT2D eigenvalue weighted by Gasteiger charge is 2.34. The van der Waals surface area contributed by atoms with E-state index in [1.54, 1.807) is 0 Å². The lowest BCUT2D eigenvalue weighted by atomic mass is 10.1. The Morgan fingerprint density at radius 3 is 2.36 bits per heavy atom. The lowest BCUT2D eigenvalue weighted by Gasteiger charge is -2.23. The number of rotatable bonds is 4. The first-order valence-corrected chi connectivity index (χ1v) is 9.23. The van der Waals surface area contributed by atoms with E-state index in [-0.39, 0.29) is 24.3 Å². The van der Waals surface area contributed by atoms with Gasteiger partial charge in [-0.25, -0.2) is 0 Å². The Kier molecular flexibility index (Phi) is 5.30. The van der Waals surface area contributed by atoms with E-state index in [1.807, 2.05) is 36.6 Å². The van der Waals surface area contributed by atoms with Crippen molar-refractivity contribution in [1.29, 1.82) is 0 Å². The van der Waals surface area contributed by atoms with Crippen molar-refractivity contribution in [3.63, 3.8) is 0 Å². The standard InChI is InChI=1S/C20H28N2O3/c1-14-5-6-15(2)19(16(14)3)25-13-18(23)21-9-4-10-22(12-11-21)20(24)17-7-8-17/h5-6,17H,4,7-13H2,1-3H3. The second kappa shape index (κ2) is 7.46. The molecule has 25 heavy (non-hydrogen) atoms. The summed E-state index contributed by atoms with van der Waals surface area (Å²) in [6.45, 7) is 8.83. The van der Waals surface area contributed by atoms with Crippen molar-refractivity contribution in [2.75, 3.05) is 32.8 Å². The highest BCUT2D eigenvalue weighted by Crippen LogP contribution is 2.31. The van der Waals surface area contributed by atoms with Crippen LogP contribution in [0.5, 0.6) is 5.75 Å². The predicted octanol–water partition coefficient (Wildman–Crippen LogP) is 2.46. The van der Waals surface area contributed by atoms with E-state index >= 15 is 0 Å². The van der Waals surface area contributed by atoms with Crippen LogP contribution in [-0.2, 0) is 9.59 Å². The summed E-state index contributed by atoms with van der Waals surface area (Å²) in [5, 5.41) is 0. The van der Waals surface area contributed by atoms with Crippen molar-refractivity contribution in [2.24, 2.45) is 5.92 Å². The Balaban J connectivity index is 1.55. The molecule has 1 aliphatic heterocycles. The maximum absolute atomic E-state index is 12.6. The van der Waals surface area contributed by atoms with E-state index in [1.165, 1.54) is 0 Å². The summed E-state index contributed by atoms with van der Waals surface area (Å²) in [6, 6.07) is 4.09. The van der Waals surface area contributed by atoms with Gasteiger partial charge in [0, 0.05) is 32.1 Å². The minimum Gasteiger partial charge on any atom is -0.483 e. The van der Waals surface area contributed by atoms with E-state index in [9.17, 15) is 9.59 Å². The van der Waals surface area contributed by atoms with Crippen molar-refractivity contribution < 1.29 is 14.3 Å². The van der Waals surface area contributed by atoms with Crippen LogP contribution < -0.4 is 4.74 Å². The van der Waals surface area contributed by atoms with E-state index in [4.69, 9.17) is 4.74 Å². The Labute approximate surface area is 149 Å². The molecule has 0 radical (unpaired) electrons. The Bertz CT molecular complexity index is 667. The van der Waals surface area contributed by atoms with Gasteiger partial charge in [-0.15, -0.1) is 0 Å². The van der Waals surface area contributed by atoms with E-state index < -0.39 is 0 Å². The summed E-state index contributed by atoms with van der Waals surface area (Å²) in [5.41, 5.74) is 3.30. The Morgan fingerprint density at radius 2 is 1.64 bits per heavy atom. The third-order valence-electron chi connectivity index (χ3n) is 5.30. The second-order valence-electron chi connectivity index (χ2n) is 7.28. The molecule has 1 heterocycles. The minimum atomic E-state index is 0.000951. The fourth-order valence-corrected chi connectivity index (χ4v) is 3.35. The molecule has 0 spiro atoms. The molecule has 2 amide bonds. The first kappa shape index (κ1) is 17.8. The Morgan fingerprint density at radius 1 is 1.00 bits per heavy atom. The maximum Gasteiger partial charge on any atom is 0.260 e. The number of benzene rings is 1. The van der Waals surface area contributed by atoms with Crippen LogP contribution in [0.3, 0.4) is 0 Å². The number of ether oxygens (including phenoxy) is 1. The van der Waals surface area contributed by atoms with Gasteiger partial charge in [-0.2, -0.15) is 0 Å². The first-order valence-electron chi connectivity index (χ1n) is 9.23. The maximum atomic E-state index is 12.6. The molecule has 5 heteroatoms. The highest BCUT2D eigenvalue weighted by molar-refractivity contribution is 5.81. The van der Waals surface area contributed by atoms with Crippen molar-refractivity contribution in [1.82, 2.24) is 9.80 Å². The van der Waals surface area contributed by atoms with E-state index in [0.717, 1.165) is 48.2 Å². The molecule has 1 saturated carbocycles. The normalized spacial score (nSPS) is 18.0. The quantitative estimate of drug-likeness (QED) is 0.843. The van der Waals surface area contributed by atoms with E-state index in [2.05, 4.69) is 6.07 Å². The molecule has 0 bridgehead atoms. The van der Waals surface area contributed by atoms with Crippen LogP contribution in [0, 0.1) is 26.7 Å². The van der Waals surface area contributed by atoms with Gasteiger partial charge in [-0.1, -0.05) is 12.1 Å². The van der Waals surface area contributed by atoms with Crippen molar-refractivity contribution in [3.8, 4) is 5.75 Å². The molecule has 5 nitrogen and oxygen atoms in total. The second-order valence-corrected chi connectivity index (χ2v) is 7.28. The van der Waals surface area contributed by atoms with Gasteiger partial charge in [0.2, 0.25) is 5.91 Å². The van der Waals surface area contributed by atoms with Crippen molar-refractivity contribution >= 4 is 11.8 Å². The molecule has 1 aromatic rings. The molecule has 1 aliphatic carbocycles. The number of hydrogen-bond donors (Lipinski definition) is 0. The number of amides is 2. The van der Waals surface area contributed by atoms with Crippen LogP contribution in [0.1, 0.15) is 36.0 Å². The zero-order valence-corrected chi connectivity index (χ0v) is 15.5. The van der Waals surface area contributed by atoms with Gasteiger partial charge < -0.3 is 14.5 Å². The summed E-state index contributed by atoms with van der Waals surface area (Å²) >= 11 is 0. The number of carbonyl (C=O) groups is 2. The summed E-state index contributed by atoms with van der Waals surface area (Å²) in [7, 11) is 0. The zero-order valence-electron chi connectivity index (χ0n) is 15.5. The van der Waals surface area contributed by atoms with Crippen LogP contribution in [-0.4, -0.2) is 54.4 Å². The van der Waals surface area contributed by atoms with Gasteiger partial charge in [-0.05, 0) is 56.7 Å². The predicted molar refractivity (Wildman–Crippen MR) is 96.6 cm³/mol. The summed E-state index contributed by atoms with van der Waals surface area (Å²) < 4.78 is 5.86. The minimum absolute atomic E-state index is 0.000951. The topological polar surface area (TPSA) is 49.9 Å². The van der Waals surface area contributed by atoms with Crippen LogP contribution in [0.2, 0.25) is 0 Å². The smallest absolute Gasteiger partial charge is 0.260 e. The molecular formula is C20H28N2O3. The SMILES string of the molecule is Cc1ccc(C)c(OCC(=O)N2CCCN(C(=O)C3CC3)CC2)c1C. The van der Waals surface area contributed by atoms with E-state index in [0.29, 0.717) is 19.6 Å². The molecule has 1 aromatic carbocycles. The summed E-state index contributed by atoms with van der Waals surface area (Å²) in [5.74, 6) is 1.34. The number of hydrogen-bond acceptors (Lipinski definition) is 3. The van der Waals surface area contributed by atoms with Crippen LogP contribution in [0.4, 0.5) is 0 Å². The molecular weight excluding hydrogens is 316 g/mol. The van der Waals surface area contributed by atoms with Crippen molar-refractivity contribution in [2.45, 2.75) is 40.0 Å². The number of carbonyl (C=O) groups excluding carboxylic acids is 2. The lowest BCUT2D eigenvalue weighted by Crippen LogP contribution is -2.39. The van der Waals surface area contributed by atoms with Gasteiger partial charge in [0.15, 0.2) is 6.61 Å². The third kappa shape index (κ3) is 4.14. The number of aryl methyl sites for hydroxylation is 2. The molecule has 0 unspecified atom stereocenters. The molecule has 2 fully saturated rings. The van der Waals surface area contributed by atoms with Crippen LogP contribution in [0.25, 0.3) is 0 Å². The van der Waals surface area contributed by atoms with Crippen molar-refractivity contribution in [3.05, 3.63) is 28.8 Å². The Hall–Kier alpha value is -2.04. The fraction of sp³-hybridized carbons (Fsp3) is 0.600. The molecule has 0 N–H and O–H groups in total. The summed E-state index contributed by atoms with van der Waals surface area (Å²) in [6.07, 6.45) is 2.90. The average Bonchev–Trinajstić information content (AvgIpc) is 3.44. The van der Waals surface area contributed by atoms with Gasteiger partial charge >= 0.3 is 0 Å². The van der Waals surface area contributed by atoms with Gasteiger partial charge in [0.1, 0.15) is 5.75 Å².